The lowest BCUT2D eigenvalue weighted by molar-refractivity contribution is 0.103. The predicted octanol–water partition coefficient (Wildman–Crippen LogP) is 4.94. The molecule has 0 aliphatic carbocycles. The van der Waals surface area contributed by atoms with Crippen LogP contribution in [0.5, 0.6) is 5.75 Å². The van der Waals surface area contributed by atoms with Gasteiger partial charge < -0.3 is 15.2 Å². The number of aliphatic hydroxyl groups is 1. The number of rotatable bonds is 9. The van der Waals surface area contributed by atoms with Gasteiger partial charge in [-0.05, 0) is 48.6 Å². The smallest absolute Gasteiger partial charge is 0.122 e. The van der Waals surface area contributed by atoms with Crippen molar-refractivity contribution >= 4 is 11.6 Å². The van der Waals surface area contributed by atoms with Gasteiger partial charge in [0.2, 0.25) is 0 Å². The maximum Gasteiger partial charge on any atom is 0.122 e. The molecule has 136 valence electrons. The quantitative estimate of drug-likeness (QED) is 0.664. The molecule has 0 aliphatic heterocycles. The summed E-state index contributed by atoms with van der Waals surface area (Å²) in [5.41, 5.74) is 2.29. The van der Waals surface area contributed by atoms with Gasteiger partial charge >= 0.3 is 0 Å². The van der Waals surface area contributed by atoms with Gasteiger partial charge in [-0.15, -0.1) is 0 Å². The fraction of sp³-hybridized carbons (Fsp3) is 0.429. The molecule has 0 fully saturated rings. The van der Waals surface area contributed by atoms with E-state index >= 15 is 0 Å². The fourth-order valence-corrected chi connectivity index (χ4v) is 2.89. The first-order chi connectivity index (χ1) is 12.0. The van der Waals surface area contributed by atoms with Gasteiger partial charge in [-0.1, -0.05) is 55.8 Å². The van der Waals surface area contributed by atoms with Gasteiger partial charge in [-0.2, -0.15) is 0 Å². The molecule has 2 rings (SSSR count). The lowest BCUT2D eigenvalue weighted by Gasteiger charge is -2.20. The van der Waals surface area contributed by atoms with Crippen LogP contribution in [0.2, 0.25) is 5.02 Å². The second kappa shape index (κ2) is 9.81. The Morgan fingerprint density at radius 3 is 2.60 bits per heavy atom. The monoisotopic (exact) mass is 361 g/mol. The number of ether oxygens (including phenoxy) is 1. The molecule has 2 N–H and O–H groups in total. The molecular formula is C21H28ClNO2. The Morgan fingerprint density at radius 1 is 1.12 bits per heavy atom. The van der Waals surface area contributed by atoms with Crippen LogP contribution in [0.3, 0.4) is 0 Å². The maximum atomic E-state index is 10.2. The minimum atomic E-state index is -0.577. The van der Waals surface area contributed by atoms with E-state index in [4.69, 9.17) is 16.3 Å². The highest BCUT2D eigenvalue weighted by molar-refractivity contribution is 6.30. The van der Waals surface area contributed by atoms with Crippen LogP contribution >= 0.6 is 11.6 Å². The molecule has 0 spiro atoms. The summed E-state index contributed by atoms with van der Waals surface area (Å²) < 4.78 is 5.87. The summed E-state index contributed by atoms with van der Waals surface area (Å²) in [6, 6.07) is 15.9. The van der Waals surface area contributed by atoms with Crippen molar-refractivity contribution in [3.05, 3.63) is 64.7 Å². The summed E-state index contributed by atoms with van der Waals surface area (Å²) in [5, 5.41) is 14.3. The van der Waals surface area contributed by atoms with E-state index in [9.17, 15) is 5.11 Å². The highest BCUT2D eigenvalue weighted by Gasteiger charge is 2.13. The van der Waals surface area contributed by atoms with Gasteiger partial charge in [0.15, 0.2) is 0 Å². The molecule has 3 unspecified atom stereocenters. The largest absolute Gasteiger partial charge is 0.491 e. The van der Waals surface area contributed by atoms with Gasteiger partial charge in [0.25, 0.3) is 0 Å². The Kier molecular flexibility index (Phi) is 7.76. The second-order valence-corrected chi connectivity index (χ2v) is 6.93. The second-order valence-electron chi connectivity index (χ2n) is 6.50. The summed E-state index contributed by atoms with van der Waals surface area (Å²) >= 11 is 6.02. The molecule has 2 aromatic rings. The first-order valence-electron chi connectivity index (χ1n) is 8.89. The van der Waals surface area contributed by atoms with Gasteiger partial charge in [0.05, 0.1) is 0 Å². The average molecular weight is 362 g/mol. The molecule has 3 nitrogen and oxygen atoms in total. The van der Waals surface area contributed by atoms with Gasteiger partial charge in [-0.3, -0.25) is 0 Å². The van der Waals surface area contributed by atoms with E-state index in [2.05, 4.69) is 32.2 Å². The van der Waals surface area contributed by atoms with Crippen LogP contribution in [-0.4, -0.2) is 24.4 Å². The Hall–Kier alpha value is -1.55. The van der Waals surface area contributed by atoms with Gasteiger partial charge in [0, 0.05) is 17.6 Å². The third-order valence-electron chi connectivity index (χ3n) is 4.50. The zero-order valence-electron chi connectivity index (χ0n) is 15.2. The van der Waals surface area contributed by atoms with E-state index in [1.165, 1.54) is 5.56 Å². The average Bonchev–Trinajstić information content (AvgIpc) is 2.64. The molecule has 3 atom stereocenters. The molecule has 0 amide bonds. The van der Waals surface area contributed by atoms with Gasteiger partial charge in [0.1, 0.15) is 18.5 Å². The van der Waals surface area contributed by atoms with Crippen molar-refractivity contribution in [2.24, 2.45) is 0 Å². The van der Waals surface area contributed by atoms with Gasteiger partial charge in [-0.25, -0.2) is 0 Å². The summed E-state index contributed by atoms with van der Waals surface area (Å²) in [7, 11) is 0. The Morgan fingerprint density at radius 2 is 1.88 bits per heavy atom. The van der Waals surface area contributed by atoms with E-state index in [1.807, 2.05) is 42.5 Å². The Balaban J connectivity index is 1.84. The molecule has 0 aliphatic rings. The van der Waals surface area contributed by atoms with E-state index in [0.717, 1.165) is 22.8 Å². The van der Waals surface area contributed by atoms with Crippen molar-refractivity contribution in [3.63, 3.8) is 0 Å². The number of benzene rings is 2. The first kappa shape index (κ1) is 19.8. The molecule has 2 aromatic carbocycles. The van der Waals surface area contributed by atoms with Crippen LogP contribution in [0, 0.1) is 0 Å². The van der Waals surface area contributed by atoms with Crippen molar-refractivity contribution in [1.29, 1.82) is 0 Å². The van der Waals surface area contributed by atoms with Crippen LogP contribution in [0.1, 0.15) is 50.3 Å². The van der Waals surface area contributed by atoms with Crippen LogP contribution < -0.4 is 10.1 Å². The minimum absolute atomic E-state index is 0.112. The molecule has 0 bridgehead atoms. The zero-order valence-corrected chi connectivity index (χ0v) is 16.0. The molecule has 0 saturated heterocycles. The van der Waals surface area contributed by atoms with E-state index in [0.29, 0.717) is 12.5 Å². The first-order valence-corrected chi connectivity index (χ1v) is 9.27. The van der Waals surface area contributed by atoms with E-state index < -0.39 is 6.10 Å². The number of aliphatic hydroxyl groups excluding tert-OH is 1. The standard InChI is InChI=1S/C21H28ClNO2/c1-4-15(2)20-10-5-6-11-21(20)25-14-19(24)13-23-16(3)17-8-7-9-18(22)12-17/h5-12,15-16,19,23-24H,4,13-14H2,1-3H3. The predicted molar refractivity (Wildman–Crippen MR) is 105 cm³/mol. The molecule has 0 heterocycles. The molecular weight excluding hydrogens is 334 g/mol. The third-order valence-corrected chi connectivity index (χ3v) is 4.74. The van der Waals surface area contributed by atoms with Crippen LogP contribution in [0.25, 0.3) is 0 Å². The lowest BCUT2D eigenvalue weighted by Crippen LogP contribution is -2.33. The fourth-order valence-electron chi connectivity index (χ4n) is 2.69. The van der Waals surface area contributed by atoms with Crippen molar-refractivity contribution in [3.8, 4) is 5.75 Å². The molecule has 25 heavy (non-hydrogen) atoms. The van der Waals surface area contributed by atoms with Crippen LogP contribution in [0.4, 0.5) is 0 Å². The molecule has 0 aromatic heterocycles. The number of hydrogen-bond acceptors (Lipinski definition) is 3. The highest BCUT2D eigenvalue weighted by atomic mass is 35.5. The lowest BCUT2D eigenvalue weighted by atomic mass is 9.98. The minimum Gasteiger partial charge on any atom is -0.491 e. The molecule has 0 saturated carbocycles. The normalized spacial score (nSPS) is 14.8. The zero-order chi connectivity index (χ0) is 18.2. The summed E-state index contributed by atoms with van der Waals surface area (Å²) in [6.07, 6.45) is 0.480. The van der Waals surface area contributed by atoms with Crippen LogP contribution in [-0.2, 0) is 0 Å². The Labute approximate surface area is 156 Å². The number of hydrogen-bond donors (Lipinski definition) is 2. The SMILES string of the molecule is CCC(C)c1ccccc1OCC(O)CNC(C)c1cccc(Cl)c1. The number of para-hydroxylation sites is 1. The Bertz CT molecular complexity index is 662. The highest BCUT2D eigenvalue weighted by Crippen LogP contribution is 2.28. The van der Waals surface area contributed by atoms with Crippen molar-refractivity contribution < 1.29 is 9.84 Å². The third kappa shape index (κ3) is 6.03. The number of nitrogens with one attached hydrogen (secondary N) is 1. The van der Waals surface area contributed by atoms with Crippen molar-refractivity contribution in [2.75, 3.05) is 13.2 Å². The summed E-state index contributed by atoms with van der Waals surface area (Å²) in [4.78, 5) is 0. The van der Waals surface area contributed by atoms with Crippen molar-refractivity contribution in [1.82, 2.24) is 5.32 Å². The van der Waals surface area contributed by atoms with Crippen LogP contribution in [0.15, 0.2) is 48.5 Å². The molecule has 4 heteroatoms. The van der Waals surface area contributed by atoms with E-state index in [-0.39, 0.29) is 12.6 Å². The molecule has 0 radical (unpaired) electrons. The van der Waals surface area contributed by atoms with E-state index in [1.54, 1.807) is 0 Å². The van der Waals surface area contributed by atoms with Crippen molar-refractivity contribution in [2.45, 2.75) is 45.3 Å². The maximum absolute atomic E-state index is 10.2. The summed E-state index contributed by atoms with van der Waals surface area (Å²) in [6.45, 7) is 7.13. The topological polar surface area (TPSA) is 41.5 Å². The summed E-state index contributed by atoms with van der Waals surface area (Å²) in [5.74, 6) is 1.30. The number of halogens is 1.